The molecule has 21 heavy (non-hydrogen) atoms. The molecule has 1 aromatic carbocycles. The summed E-state index contributed by atoms with van der Waals surface area (Å²) < 4.78 is 24.3. The summed E-state index contributed by atoms with van der Waals surface area (Å²) in [6.07, 6.45) is 0.690. The molecule has 0 saturated heterocycles. The third-order valence-corrected chi connectivity index (χ3v) is 4.46. The Bertz CT molecular complexity index is 658. The fourth-order valence-corrected chi connectivity index (χ4v) is 2.87. The first-order valence-electron chi connectivity index (χ1n) is 6.42. The van der Waals surface area contributed by atoms with Crippen molar-refractivity contribution in [2.24, 2.45) is 10.9 Å². The Hall–Kier alpha value is -2.04. The van der Waals surface area contributed by atoms with E-state index in [4.69, 9.17) is 10.9 Å². The zero-order valence-electron chi connectivity index (χ0n) is 11.8. The van der Waals surface area contributed by atoms with Crippen LogP contribution in [0.2, 0.25) is 0 Å². The summed E-state index contributed by atoms with van der Waals surface area (Å²) in [6.45, 7) is 2.76. The van der Waals surface area contributed by atoms with Gasteiger partial charge in [0.2, 0.25) is 0 Å². The molecule has 0 atom stereocenters. The normalized spacial score (nSPS) is 11.8. The highest BCUT2D eigenvalue weighted by Crippen LogP contribution is 2.13. The van der Waals surface area contributed by atoms with E-state index in [1.165, 1.54) is 12.1 Å². The van der Waals surface area contributed by atoms with Crippen molar-refractivity contribution in [2.45, 2.75) is 18.2 Å². The van der Waals surface area contributed by atoms with E-state index in [9.17, 15) is 8.42 Å². The van der Waals surface area contributed by atoms with E-state index < -0.39 is 9.84 Å². The molecule has 0 aliphatic carbocycles. The van der Waals surface area contributed by atoms with Gasteiger partial charge in [-0.2, -0.15) is 0 Å². The molecule has 1 rings (SSSR count). The molecule has 6 nitrogen and oxygen atoms in total. The maximum atomic E-state index is 12.2. The monoisotopic (exact) mass is 309 g/mol. The van der Waals surface area contributed by atoms with Crippen LogP contribution in [0.4, 0.5) is 0 Å². The molecule has 7 heteroatoms. The van der Waals surface area contributed by atoms with E-state index in [1.54, 1.807) is 19.1 Å². The lowest BCUT2D eigenvalue weighted by molar-refractivity contribution is 0.318. The number of hydrogen-bond acceptors (Lipinski definition) is 5. The molecule has 0 aliphatic rings. The molecule has 4 N–H and O–H groups in total. The second-order valence-electron chi connectivity index (χ2n) is 4.26. The Balaban J connectivity index is 2.67. The van der Waals surface area contributed by atoms with E-state index in [-0.39, 0.29) is 16.5 Å². The Morgan fingerprint density at radius 1 is 1.43 bits per heavy atom. The molecule has 1 aromatic rings. The van der Waals surface area contributed by atoms with Crippen LogP contribution in [-0.4, -0.2) is 38.3 Å². The van der Waals surface area contributed by atoms with Gasteiger partial charge in [0.15, 0.2) is 15.7 Å². The van der Waals surface area contributed by atoms with E-state index in [1.807, 2.05) is 0 Å². The summed E-state index contributed by atoms with van der Waals surface area (Å²) in [5.41, 5.74) is 5.82. The number of nitrogens with one attached hydrogen (secondary N) is 1. The quantitative estimate of drug-likeness (QED) is 0.170. The fourth-order valence-electron chi connectivity index (χ4n) is 1.63. The molecule has 0 heterocycles. The van der Waals surface area contributed by atoms with Crippen LogP contribution < -0.4 is 11.1 Å². The molecule has 0 bridgehead atoms. The summed E-state index contributed by atoms with van der Waals surface area (Å²) in [5.74, 6) is 5.52. The van der Waals surface area contributed by atoms with Gasteiger partial charge in [-0.1, -0.05) is 17.3 Å². The van der Waals surface area contributed by atoms with Crippen molar-refractivity contribution in [1.82, 2.24) is 5.32 Å². The third-order valence-electron chi connectivity index (χ3n) is 2.75. The molecule has 0 amide bonds. The van der Waals surface area contributed by atoms with Gasteiger partial charge in [-0.15, -0.1) is 11.8 Å². The van der Waals surface area contributed by atoms with Crippen molar-refractivity contribution < 1.29 is 13.6 Å². The molecule has 0 saturated carbocycles. The van der Waals surface area contributed by atoms with Gasteiger partial charge in [0.05, 0.1) is 10.6 Å². The molecule has 0 unspecified atom stereocenters. The standard InChI is InChI=1S/C14H19N3O3S/c1-2-3-4-8-16-9-10-21(19,20)13-7-5-6-12(11-13)14(15)17-18/h5-7,11,16,18H,4,8-10H2,1H3,(H2,15,17). The van der Waals surface area contributed by atoms with E-state index in [0.29, 0.717) is 25.1 Å². The lowest BCUT2D eigenvalue weighted by Crippen LogP contribution is -2.24. The lowest BCUT2D eigenvalue weighted by atomic mass is 10.2. The summed E-state index contributed by atoms with van der Waals surface area (Å²) >= 11 is 0. The van der Waals surface area contributed by atoms with Gasteiger partial charge in [0, 0.05) is 25.1 Å². The number of nitrogens with zero attached hydrogens (tertiary/aromatic N) is 1. The van der Waals surface area contributed by atoms with Gasteiger partial charge in [0.25, 0.3) is 0 Å². The topological polar surface area (TPSA) is 105 Å². The number of oxime groups is 1. The molecule has 0 fully saturated rings. The smallest absolute Gasteiger partial charge is 0.179 e. The predicted octanol–water partition coefficient (Wildman–Crippen LogP) is 0.558. The van der Waals surface area contributed by atoms with Crippen LogP contribution in [0, 0.1) is 11.8 Å². The Kier molecular flexibility index (Phi) is 6.72. The number of rotatable bonds is 7. The van der Waals surface area contributed by atoms with Crippen LogP contribution in [0.15, 0.2) is 34.3 Å². The molecule has 0 radical (unpaired) electrons. The third kappa shape index (κ3) is 5.45. The van der Waals surface area contributed by atoms with Crippen LogP contribution in [0.1, 0.15) is 18.9 Å². The minimum Gasteiger partial charge on any atom is -0.409 e. The number of sulfone groups is 1. The first-order valence-corrected chi connectivity index (χ1v) is 8.07. The van der Waals surface area contributed by atoms with Gasteiger partial charge in [-0.3, -0.25) is 0 Å². The molecule has 0 aliphatic heterocycles. The zero-order chi connectivity index (χ0) is 15.7. The first kappa shape index (κ1) is 17.0. The number of hydrogen-bond donors (Lipinski definition) is 3. The van der Waals surface area contributed by atoms with E-state index in [2.05, 4.69) is 22.3 Å². The summed E-state index contributed by atoms with van der Waals surface area (Å²) in [5, 5.41) is 14.5. The van der Waals surface area contributed by atoms with Crippen molar-refractivity contribution in [3.05, 3.63) is 29.8 Å². The van der Waals surface area contributed by atoms with Crippen molar-refractivity contribution >= 4 is 15.7 Å². The minimum absolute atomic E-state index is 0.0216. The predicted molar refractivity (Wildman–Crippen MR) is 81.9 cm³/mol. The molecular weight excluding hydrogens is 290 g/mol. The van der Waals surface area contributed by atoms with Crippen LogP contribution in [0.3, 0.4) is 0 Å². The van der Waals surface area contributed by atoms with Gasteiger partial charge in [-0.25, -0.2) is 8.42 Å². The van der Waals surface area contributed by atoms with Gasteiger partial charge in [0.1, 0.15) is 0 Å². The first-order chi connectivity index (χ1) is 10.0. The molecule has 0 aromatic heterocycles. The van der Waals surface area contributed by atoms with Crippen LogP contribution in [-0.2, 0) is 9.84 Å². The largest absolute Gasteiger partial charge is 0.409 e. The maximum Gasteiger partial charge on any atom is 0.179 e. The Labute approximate surface area is 125 Å². The number of benzene rings is 1. The SMILES string of the molecule is CC#CCCNCCS(=O)(=O)c1cccc(/C(N)=N/O)c1. The highest BCUT2D eigenvalue weighted by atomic mass is 32.2. The van der Waals surface area contributed by atoms with Crippen molar-refractivity contribution in [3.8, 4) is 11.8 Å². The van der Waals surface area contributed by atoms with Crippen LogP contribution >= 0.6 is 0 Å². The molecular formula is C14H19N3O3S. The van der Waals surface area contributed by atoms with Gasteiger partial charge >= 0.3 is 0 Å². The van der Waals surface area contributed by atoms with Gasteiger partial charge in [-0.05, 0) is 19.1 Å². The van der Waals surface area contributed by atoms with Crippen molar-refractivity contribution in [3.63, 3.8) is 0 Å². The Morgan fingerprint density at radius 2 is 2.19 bits per heavy atom. The van der Waals surface area contributed by atoms with Gasteiger partial charge < -0.3 is 16.3 Å². The minimum atomic E-state index is -3.41. The Morgan fingerprint density at radius 3 is 2.86 bits per heavy atom. The number of nitrogens with two attached hydrogens (primary N) is 1. The highest BCUT2D eigenvalue weighted by molar-refractivity contribution is 7.91. The highest BCUT2D eigenvalue weighted by Gasteiger charge is 2.15. The summed E-state index contributed by atoms with van der Waals surface area (Å²) in [7, 11) is -3.41. The second kappa shape index (κ2) is 8.29. The van der Waals surface area contributed by atoms with Crippen LogP contribution in [0.5, 0.6) is 0 Å². The molecule has 114 valence electrons. The average molecular weight is 309 g/mol. The molecule has 0 spiro atoms. The van der Waals surface area contributed by atoms with E-state index in [0.717, 1.165) is 0 Å². The average Bonchev–Trinajstić information content (AvgIpc) is 2.50. The van der Waals surface area contributed by atoms with Crippen LogP contribution in [0.25, 0.3) is 0 Å². The summed E-state index contributed by atoms with van der Waals surface area (Å²) in [4.78, 5) is 0.154. The van der Waals surface area contributed by atoms with E-state index >= 15 is 0 Å². The van der Waals surface area contributed by atoms with Crippen molar-refractivity contribution in [1.29, 1.82) is 0 Å². The number of amidine groups is 1. The lowest BCUT2D eigenvalue weighted by Gasteiger charge is -2.07. The van der Waals surface area contributed by atoms with Crippen molar-refractivity contribution in [2.75, 3.05) is 18.8 Å². The second-order valence-corrected chi connectivity index (χ2v) is 6.37. The summed E-state index contributed by atoms with van der Waals surface area (Å²) in [6, 6.07) is 6.03. The zero-order valence-corrected chi connectivity index (χ0v) is 12.7. The fraction of sp³-hybridized carbons (Fsp3) is 0.357. The maximum absolute atomic E-state index is 12.2.